The highest BCUT2D eigenvalue weighted by atomic mass is 19.1. The molecule has 4 aliphatic rings. The van der Waals surface area contributed by atoms with E-state index in [0.29, 0.717) is 36.1 Å². The number of hydrogen-bond acceptors (Lipinski definition) is 11. The van der Waals surface area contributed by atoms with Gasteiger partial charge in [-0.25, -0.2) is 4.39 Å². The molecule has 3 N–H and O–H groups in total. The number of anilines is 1. The van der Waals surface area contributed by atoms with Gasteiger partial charge in [-0.15, -0.1) is 0 Å². The molecule has 1 unspecified atom stereocenters. The molecular formula is C51H55FN10O5. The molecule has 0 aliphatic carbocycles. The zero-order chi connectivity index (χ0) is 46.6. The van der Waals surface area contributed by atoms with E-state index in [0.717, 1.165) is 102 Å². The second kappa shape index (κ2) is 17.8. The number of benzene rings is 4. The summed E-state index contributed by atoms with van der Waals surface area (Å²) >= 11 is 0. The Morgan fingerprint density at radius 2 is 1.61 bits per heavy atom. The number of nitrogens with zero attached hydrogens (tertiary/aromatic N) is 7. The van der Waals surface area contributed by atoms with Gasteiger partial charge in [0.05, 0.1) is 11.2 Å². The van der Waals surface area contributed by atoms with Crippen LogP contribution in [-0.4, -0.2) is 110 Å². The average molecular weight is 907 g/mol. The van der Waals surface area contributed by atoms with Crippen LogP contribution in [0, 0.1) is 12.7 Å². The Morgan fingerprint density at radius 3 is 2.33 bits per heavy atom. The van der Waals surface area contributed by atoms with Crippen molar-refractivity contribution in [3.05, 3.63) is 118 Å². The van der Waals surface area contributed by atoms with Crippen LogP contribution < -0.4 is 15.5 Å². The Kier molecular flexibility index (Phi) is 11.7. The minimum absolute atomic E-state index is 0.0473. The number of aromatic amines is 1. The molecule has 67 heavy (non-hydrogen) atoms. The minimum Gasteiger partial charge on any atom is -0.371 e. The SMILES string of the molecule is Cc1cc(-c2n[nH]c3ccc(-c4ccc(N5CCC(N6CCN(Cc7cc8c(cc7F)C(=O)N(C7CCC(=O)NC7=O)C8)CC6)CC5)cc4)cc23)ccc1CNC(=O)c1nc(C(C)(C)C)no1. The van der Waals surface area contributed by atoms with Crippen molar-refractivity contribution in [1.29, 1.82) is 0 Å². The summed E-state index contributed by atoms with van der Waals surface area (Å²) in [5, 5.41) is 18.1. The fourth-order valence-corrected chi connectivity index (χ4v) is 9.97. The number of aromatic nitrogens is 4. The molecular weight excluding hydrogens is 852 g/mol. The molecule has 6 aromatic rings. The third-order valence-electron chi connectivity index (χ3n) is 13.9. The van der Waals surface area contributed by atoms with Crippen molar-refractivity contribution < 1.29 is 28.1 Å². The third-order valence-corrected chi connectivity index (χ3v) is 13.9. The number of H-pyrrole nitrogens is 1. The fourth-order valence-electron chi connectivity index (χ4n) is 9.97. The number of aryl methyl sites for hydroxylation is 1. The predicted octanol–water partition coefficient (Wildman–Crippen LogP) is 6.50. The van der Waals surface area contributed by atoms with Crippen molar-refractivity contribution in [2.75, 3.05) is 44.2 Å². The van der Waals surface area contributed by atoms with E-state index in [9.17, 15) is 19.2 Å². The summed E-state index contributed by atoms with van der Waals surface area (Å²) < 4.78 is 20.6. The number of piperidine rings is 2. The lowest BCUT2D eigenvalue weighted by atomic mass is 9.96. The highest BCUT2D eigenvalue weighted by Gasteiger charge is 2.40. The summed E-state index contributed by atoms with van der Waals surface area (Å²) in [6.07, 6.45) is 2.61. The van der Waals surface area contributed by atoms with Crippen LogP contribution in [0.25, 0.3) is 33.3 Å². The Morgan fingerprint density at radius 1 is 0.866 bits per heavy atom. The molecule has 0 bridgehead atoms. The zero-order valence-corrected chi connectivity index (χ0v) is 38.3. The number of nitrogens with one attached hydrogen (secondary N) is 3. The summed E-state index contributed by atoms with van der Waals surface area (Å²) in [6.45, 7) is 14.4. The average Bonchev–Trinajstić information content (AvgIpc) is 4.07. The van der Waals surface area contributed by atoms with E-state index >= 15 is 4.39 Å². The molecule has 346 valence electrons. The van der Waals surface area contributed by atoms with E-state index in [1.165, 1.54) is 16.7 Å². The Labute approximate surface area is 388 Å². The maximum atomic E-state index is 15.4. The van der Waals surface area contributed by atoms with Crippen LogP contribution in [0.5, 0.6) is 0 Å². The third kappa shape index (κ3) is 8.95. The molecule has 4 amide bonds. The van der Waals surface area contributed by atoms with Gasteiger partial charge < -0.3 is 19.6 Å². The summed E-state index contributed by atoms with van der Waals surface area (Å²) in [4.78, 5) is 63.1. The first kappa shape index (κ1) is 44.1. The predicted molar refractivity (Wildman–Crippen MR) is 250 cm³/mol. The van der Waals surface area contributed by atoms with Crippen molar-refractivity contribution >= 4 is 40.2 Å². The largest absolute Gasteiger partial charge is 0.371 e. The molecule has 4 aromatic carbocycles. The quantitative estimate of drug-likeness (QED) is 0.128. The van der Waals surface area contributed by atoms with Crippen molar-refractivity contribution in [1.82, 2.24) is 45.7 Å². The fraction of sp³-hybridized carbons (Fsp3) is 0.392. The molecule has 10 rings (SSSR count). The van der Waals surface area contributed by atoms with Crippen molar-refractivity contribution in [3.8, 4) is 22.4 Å². The van der Waals surface area contributed by atoms with Gasteiger partial charge in [0.1, 0.15) is 11.9 Å². The molecule has 3 saturated heterocycles. The monoisotopic (exact) mass is 906 g/mol. The smallest absolute Gasteiger partial charge is 0.315 e. The van der Waals surface area contributed by atoms with E-state index in [1.54, 1.807) is 6.07 Å². The number of carbonyl (C=O) groups is 4. The van der Waals surface area contributed by atoms with Crippen LogP contribution in [0.4, 0.5) is 10.1 Å². The van der Waals surface area contributed by atoms with Gasteiger partial charge in [-0.05, 0) is 96.5 Å². The molecule has 6 heterocycles. The van der Waals surface area contributed by atoms with Gasteiger partial charge in [-0.2, -0.15) is 10.1 Å². The Balaban J connectivity index is 0.711. The molecule has 0 spiro atoms. The van der Waals surface area contributed by atoms with Crippen molar-refractivity contribution in [2.24, 2.45) is 0 Å². The number of hydrogen-bond donors (Lipinski definition) is 3. The summed E-state index contributed by atoms with van der Waals surface area (Å²) in [5.41, 5.74) is 9.53. The normalized spacial score (nSPS) is 18.8. The number of halogens is 1. The lowest BCUT2D eigenvalue weighted by Crippen LogP contribution is -2.53. The summed E-state index contributed by atoms with van der Waals surface area (Å²) in [5.74, 6) is -1.53. The van der Waals surface area contributed by atoms with Crippen LogP contribution in [-0.2, 0) is 34.6 Å². The number of piperazine rings is 1. The number of rotatable bonds is 10. The lowest BCUT2D eigenvalue weighted by molar-refractivity contribution is -0.136. The summed E-state index contributed by atoms with van der Waals surface area (Å²) in [7, 11) is 0. The molecule has 0 saturated carbocycles. The standard InChI is InChI=1S/C51H55FN10O5/c1-30-23-33(5-6-34(30)27-53-47(65)48-55-50(58-67-48)51(2,3)4)45-40-25-32(9-12-42(40)56-57-45)31-7-10-37(11-8-31)60-17-15-38(16-18-60)61-21-19-59(20-22-61)28-36-24-35-29-62(49(66)39(35)26-41(36)52)43-13-14-44(63)54-46(43)64/h5-12,23-26,38,43H,13-22,27-29H2,1-4H3,(H,53,65)(H,56,57)(H,54,63,64). The van der Waals surface area contributed by atoms with E-state index in [2.05, 4.69) is 89.1 Å². The van der Waals surface area contributed by atoms with Crippen molar-refractivity contribution in [3.63, 3.8) is 0 Å². The highest BCUT2D eigenvalue weighted by Crippen LogP contribution is 2.34. The van der Waals surface area contributed by atoms with Crippen LogP contribution >= 0.6 is 0 Å². The van der Waals surface area contributed by atoms with E-state index in [1.807, 2.05) is 39.8 Å². The van der Waals surface area contributed by atoms with Gasteiger partial charge in [0, 0.05) is 105 Å². The first-order chi connectivity index (χ1) is 32.2. The molecule has 4 aliphatic heterocycles. The zero-order valence-electron chi connectivity index (χ0n) is 38.3. The van der Waals surface area contributed by atoms with Gasteiger partial charge in [-0.1, -0.05) is 56.3 Å². The Hall–Kier alpha value is -6.78. The maximum absolute atomic E-state index is 15.4. The summed E-state index contributed by atoms with van der Waals surface area (Å²) in [6, 6.07) is 24.3. The lowest BCUT2D eigenvalue weighted by Gasteiger charge is -2.43. The van der Waals surface area contributed by atoms with E-state index < -0.39 is 23.7 Å². The van der Waals surface area contributed by atoms with E-state index in [4.69, 9.17) is 9.62 Å². The van der Waals surface area contributed by atoms with Gasteiger partial charge >= 0.3 is 11.8 Å². The number of carbonyl (C=O) groups excluding carboxylic acids is 4. The molecule has 15 nitrogen and oxygen atoms in total. The van der Waals surface area contributed by atoms with E-state index in [-0.39, 0.29) is 42.5 Å². The number of imide groups is 1. The van der Waals surface area contributed by atoms with Crippen LogP contribution in [0.1, 0.15) is 95.6 Å². The highest BCUT2D eigenvalue weighted by molar-refractivity contribution is 6.05. The molecule has 0 radical (unpaired) electrons. The first-order valence-electron chi connectivity index (χ1n) is 23.2. The van der Waals surface area contributed by atoms with Gasteiger partial charge in [0.25, 0.3) is 5.91 Å². The number of amides is 4. The Bertz CT molecular complexity index is 2890. The van der Waals surface area contributed by atoms with Gasteiger partial charge in [0.15, 0.2) is 5.82 Å². The van der Waals surface area contributed by atoms with Crippen molar-refractivity contribution in [2.45, 2.75) is 90.5 Å². The molecule has 1 atom stereocenters. The van der Waals surface area contributed by atoms with Crippen LogP contribution in [0.3, 0.4) is 0 Å². The second-order valence-electron chi connectivity index (χ2n) is 19.4. The topological polar surface area (TPSA) is 173 Å². The number of fused-ring (bicyclic) bond motifs is 2. The molecule has 16 heteroatoms. The first-order valence-corrected chi connectivity index (χ1v) is 23.2. The second-order valence-corrected chi connectivity index (χ2v) is 19.4. The van der Waals surface area contributed by atoms with Gasteiger partial charge in [-0.3, -0.25) is 39.4 Å². The molecule has 3 fully saturated rings. The maximum Gasteiger partial charge on any atom is 0.315 e. The minimum atomic E-state index is -0.720. The molecule has 2 aromatic heterocycles. The van der Waals surface area contributed by atoms with Crippen LogP contribution in [0.15, 0.2) is 77.3 Å². The van der Waals surface area contributed by atoms with Crippen LogP contribution in [0.2, 0.25) is 0 Å². The van der Waals surface area contributed by atoms with Gasteiger partial charge in [0.2, 0.25) is 11.8 Å².